The number of aromatic nitrogens is 3. The van der Waals surface area contributed by atoms with Crippen LogP contribution >= 0.6 is 0 Å². The minimum atomic E-state index is -0.106. The van der Waals surface area contributed by atoms with E-state index in [-0.39, 0.29) is 6.10 Å². The highest BCUT2D eigenvalue weighted by Gasteiger charge is 2.38. The Bertz CT molecular complexity index is 451. The Kier molecular flexibility index (Phi) is 2.93. The summed E-state index contributed by atoms with van der Waals surface area (Å²) in [6.45, 7) is 5.88. The van der Waals surface area contributed by atoms with Gasteiger partial charge in [-0.05, 0) is 44.9 Å². The van der Waals surface area contributed by atoms with Crippen LogP contribution in [0.15, 0.2) is 0 Å². The van der Waals surface area contributed by atoms with E-state index in [0.29, 0.717) is 11.8 Å². The molecule has 3 unspecified atom stereocenters. The molecule has 98 valence electrons. The maximum Gasteiger partial charge on any atom is 0.245 e. The van der Waals surface area contributed by atoms with Gasteiger partial charge in [0.2, 0.25) is 5.95 Å². The summed E-state index contributed by atoms with van der Waals surface area (Å²) < 4.78 is 0. The van der Waals surface area contributed by atoms with E-state index in [4.69, 9.17) is 0 Å². The summed E-state index contributed by atoms with van der Waals surface area (Å²) in [5.74, 6) is 2.04. The predicted octanol–water partition coefficient (Wildman–Crippen LogP) is 1.09. The highest BCUT2D eigenvalue weighted by atomic mass is 16.3. The van der Waals surface area contributed by atoms with Gasteiger partial charge in [-0.15, -0.1) is 5.10 Å². The van der Waals surface area contributed by atoms with Crippen LogP contribution in [0, 0.1) is 25.7 Å². The normalized spacial score (nSPS) is 31.5. The van der Waals surface area contributed by atoms with Crippen molar-refractivity contribution in [1.29, 1.82) is 0 Å². The van der Waals surface area contributed by atoms with Crippen molar-refractivity contribution < 1.29 is 5.11 Å². The lowest BCUT2D eigenvalue weighted by molar-refractivity contribution is 0.0867. The highest BCUT2D eigenvalue weighted by Crippen LogP contribution is 2.37. The standard InChI is InChI=1S/C13H20N4O/c1-8-9(2)15-16-13(14-8)17-6-10-3-4-12(18)5-11(10)7-17/h10-12,18H,3-7H2,1-2H3. The first-order chi connectivity index (χ1) is 8.63. The van der Waals surface area contributed by atoms with Crippen molar-refractivity contribution in [3.05, 3.63) is 11.4 Å². The maximum absolute atomic E-state index is 9.73. The van der Waals surface area contributed by atoms with Gasteiger partial charge in [-0.25, -0.2) is 4.98 Å². The third-order valence-corrected chi connectivity index (χ3v) is 4.39. The molecule has 1 saturated carbocycles. The van der Waals surface area contributed by atoms with Crippen LogP contribution in [0.4, 0.5) is 5.95 Å². The number of aliphatic hydroxyl groups excluding tert-OH is 1. The largest absolute Gasteiger partial charge is 0.393 e. The lowest BCUT2D eigenvalue weighted by Crippen LogP contribution is -2.26. The van der Waals surface area contributed by atoms with Crippen molar-refractivity contribution in [1.82, 2.24) is 15.2 Å². The Hall–Kier alpha value is -1.23. The quantitative estimate of drug-likeness (QED) is 0.806. The van der Waals surface area contributed by atoms with Crippen molar-refractivity contribution in [3.63, 3.8) is 0 Å². The van der Waals surface area contributed by atoms with Gasteiger partial charge in [0.1, 0.15) is 0 Å². The van der Waals surface area contributed by atoms with Gasteiger partial charge in [-0.2, -0.15) is 5.10 Å². The van der Waals surface area contributed by atoms with Gasteiger partial charge in [0.25, 0.3) is 0 Å². The van der Waals surface area contributed by atoms with Gasteiger partial charge in [0, 0.05) is 13.1 Å². The van der Waals surface area contributed by atoms with Crippen LogP contribution in [0.25, 0.3) is 0 Å². The highest BCUT2D eigenvalue weighted by molar-refractivity contribution is 5.32. The van der Waals surface area contributed by atoms with E-state index in [1.54, 1.807) is 0 Å². The summed E-state index contributed by atoms with van der Waals surface area (Å²) in [5, 5.41) is 18.1. The lowest BCUT2D eigenvalue weighted by atomic mass is 9.80. The van der Waals surface area contributed by atoms with E-state index >= 15 is 0 Å². The molecular weight excluding hydrogens is 228 g/mol. The van der Waals surface area contributed by atoms with Gasteiger partial charge in [-0.1, -0.05) is 0 Å². The van der Waals surface area contributed by atoms with Gasteiger partial charge < -0.3 is 10.0 Å². The summed E-state index contributed by atoms with van der Waals surface area (Å²) >= 11 is 0. The number of aryl methyl sites for hydroxylation is 2. The van der Waals surface area contributed by atoms with Gasteiger partial charge in [0.05, 0.1) is 17.5 Å². The third-order valence-electron chi connectivity index (χ3n) is 4.39. The summed E-state index contributed by atoms with van der Waals surface area (Å²) in [4.78, 5) is 6.75. The fourth-order valence-electron chi connectivity index (χ4n) is 3.15. The SMILES string of the molecule is Cc1nnc(N2CC3CCC(O)CC3C2)nc1C. The molecule has 0 radical (unpaired) electrons. The van der Waals surface area contributed by atoms with Crippen LogP contribution < -0.4 is 4.90 Å². The zero-order chi connectivity index (χ0) is 12.7. The number of hydrogen-bond donors (Lipinski definition) is 1. The minimum Gasteiger partial charge on any atom is -0.393 e. The van der Waals surface area contributed by atoms with Crippen molar-refractivity contribution in [2.45, 2.75) is 39.2 Å². The average Bonchev–Trinajstić information content (AvgIpc) is 2.75. The number of aliphatic hydroxyl groups is 1. The maximum atomic E-state index is 9.73. The van der Waals surface area contributed by atoms with Gasteiger partial charge in [0.15, 0.2) is 0 Å². The smallest absolute Gasteiger partial charge is 0.245 e. The fourth-order valence-corrected chi connectivity index (χ4v) is 3.15. The Morgan fingerprint density at radius 2 is 1.83 bits per heavy atom. The average molecular weight is 248 g/mol. The molecule has 2 fully saturated rings. The van der Waals surface area contributed by atoms with Crippen molar-refractivity contribution in [2.75, 3.05) is 18.0 Å². The molecule has 0 aromatic carbocycles. The number of rotatable bonds is 1. The molecule has 5 heteroatoms. The van der Waals surface area contributed by atoms with Crippen LogP contribution in [0.5, 0.6) is 0 Å². The zero-order valence-corrected chi connectivity index (χ0v) is 11.0. The van der Waals surface area contributed by atoms with Gasteiger partial charge >= 0.3 is 0 Å². The molecule has 0 bridgehead atoms. The summed E-state index contributed by atoms with van der Waals surface area (Å²) in [6.07, 6.45) is 2.89. The predicted molar refractivity (Wildman–Crippen MR) is 68.4 cm³/mol. The molecule has 3 rings (SSSR count). The van der Waals surface area contributed by atoms with Gasteiger partial charge in [-0.3, -0.25) is 0 Å². The Morgan fingerprint density at radius 3 is 2.61 bits per heavy atom. The monoisotopic (exact) mass is 248 g/mol. The number of hydrogen-bond acceptors (Lipinski definition) is 5. The van der Waals surface area contributed by atoms with E-state index in [1.165, 1.54) is 0 Å². The molecule has 2 aliphatic rings. The van der Waals surface area contributed by atoms with Crippen LogP contribution in [0.1, 0.15) is 30.7 Å². The topological polar surface area (TPSA) is 62.1 Å². The fraction of sp³-hybridized carbons (Fsp3) is 0.769. The molecule has 18 heavy (non-hydrogen) atoms. The molecule has 1 aliphatic carbocycles. The molecule has 0 spiro atoms. The Labute approximate surface area is 107 Å². The number of nitrogens with zero attached hydrogens (tertiary/aromatic N) is 4. The van der Waals surface area contributed by atoms with E-state index in [1.807, 2.05) is 13.8 Å². The van der Waals surface area contributed by atoms with E-state index < -0.39 is 0 Å². The molecule has 5 nitrogen and oxygen atoms in total. The molecule has 1 aromatic heterocycles. The molecule has 2 heterocycles. The first-order valence-electron chi connectivity index (χ1n) is 6.74. The van der Waals surface area contributed by atoms with Crippen molar-refractivity contribution in [2.24, 2.45) is 11.8 Å². The number of fused-ring (bicyclic) bond motifs is 1. The minimum absolute atomic E-state index is 0.106. The van der Waals surface area contributed by atoms with Crippen LogP contribution in [-0.4, -0.2) is 39.5 Å². The molecule has 3 atom stereocenters. The third kappa shape index (κ3) is 2.07. The Morgan fingerprint density at radius 1 is 1.06 bits per heavy atom. The first kappa shape index (κ1) is 11.8. The number of anilines is 1. The molecular formula is C13H20N4O. The lowest BCUT2D eigenvalue weighted by Gasteiger charge is -2.27. The van der Waals surface area contributed by atoms with E-state index in [2.05, 4.69) is 20.1 Å². The van der Waals surface area contributed by atoms with Crippen LogP contribution in [0.2, 0.25) is 0 Å². The van der Waals surface area contributed by atoms with Crippen molar-refractivity contribution in [3.8, 4) is 0 Å². The van der Waals surface area contributed by atoms with Crippen LogP contribution in [-0.2, 0) is 0 Å². The second-order valence-electron chi connectivity index (χ2n) is 5.67. The summed E-state index contributed by atoms with van der Waals surface area (Å²) in [5.41, 5.74) is 1.85. The van der Waals surface area contributed by atoms with Crippen molar-refractivity contribution >= 4 is 5.95 Å². The van der Waals surface area contributed by atoms with Crippen LogP contribution in [0.3, 0.4) is 0 Å². The second kappa shape index (κ2) is 4.46. The summed E-state index contributed by atoms with van der Waals surface area (Å²) in [6, 6.07) is 0. The summed E-state index contributed by atoms with van der Waals surface area (Å²) in [7, 11) is 0. The molecule has 1 saturated heterocycles. The first-order valence-corrected chi connectivity index (χ1v) is 6.74. The molecule has 0 amide bonds. The van der Waals surface area contributed by atoms with E-state index in [9.17, 15) is 5.11 Å². The molecule has 1 aliphatic heterocycles. The Balaban J connectivity index is 1.76. The second-order valence-corrected chi connectivity index (χ2v) is 5.67. The molecule has 1 N–H and O–H groups in total. The van der Waals surface area contributed by atoms with E-state index in [0.717, 1.165) is 49.7 Å². The molecule has 1 aromatic rings. The zero-order valence-electron chi connectivity index (χ0n) is 11.0.